The van der Waals surface area contributed by atoms with Gasteiger partial charge in [-0.15, -0.1) is 0 Å². The topological polar surface area (TPSA) is 49.6 Å². The minimum absolute atomic E-state index is 0.228. The summed E-state index contributed by atoms with van der Waals surface area (Å²) in [6.45, 7) is 1.76. The molecule has 0 bridgehead atoms. The van der Waals surface area contributed by atoms with Crippen molar-refractivity contribution in [3.05, 3.63) is 0 Å². The molecule has 4 nitrogen and oxygen atoms in total. The van der Waals surface area contributed by atoms with Gasteiger partial charge in [-0.05, 0) is 39.8 Å². The van der Waals surface area contributed by atoms with Gasteiger partial charge in [-0.1, -0.05) is 32.1 Å². The Balaban J connectivity index is 2.05. The Morgan fingerprint density at radius 2 is 1.65 bits per heavy atom. The number of hydrogen-bond acceptors (Lipinski definition) is 3. The molecule has 20 heavy (non-hydrogen) atoms. The second kappa shape index (κ2) is 6.90. The molecule has 0 heterocycles. The van der Waals surface area contributed by atoms with Crippen molar-refractivity contribution in [1.82, 2.24) is 9.80 Å². The molecule has 2 aliphatic rings. The van der Waals surface area contributed by atoms with Crippen molar-refractivity contribution in [2.24, 2.45) is 5.73 Å². The Morgan fingerprint density at radius 3 is 2.20 bits per heavy atom. The second-order valence-corrected chi connectivity index (χ2v) is 6.96. The largest absolute Gasteiger partial charge is 0.337 e. The average molecular weight is 281 g/mol. The Kier molecular flexibility index (Phi) is 5.44. The molecule has 2 aliphatic carbocycles. The van der Waals surface area contributed by atoms with Crippen LogP contribution in [0.15, 0.2) is 0 Å². The van der Waals surface area contributed by atoms with Gasteiger partial charge in [0.15, 0.2) is 0 Å². The third-order valence-electron chi connectivity index (χ3n) is 4.99. The summed E-state index contributed by atoms with van der Waals surface area (Å²) in [5.74, 6) is 0.228. The van der Waals surface area contributed by atoms with Gasteiger partial charge in [0, 0.05) is 19.1 Å². The van der Waals surface area contributed by atoms with Gasteiger partial charge in [0.1, 0.15) is 0 Å². The third kappa shape index (κ3) is 3.73. The van der Waals surface area contributed by atoms with Crippen LogP contribution in [-0.2, 0) is 4.79 Å². The molecular formula is C16H31N3O. The summed E-state index contributed by atoms with van der Waals surface area (Å²) in [5.41, 5.74) is 5.90. The Morgan fingerprint density at radius 1 is 1.05 bits per heavy atom. The minimum atomic E-state index is -0.576. The van der Waals surface area contributed by atoms with Gasteiger partial charge >= 0.3 is 0 Å². The summed E-state index contributed by atoms with van der Waals surface area (Å²) >= 11 is 0. The first-order valence-corrected chi connectivity index (χ1v) is 8.28. The molecule has 0 saturated heterocycles. The van der Waals surface area contributed by atoms with Crippen LogP contribution in [-0.4, -0.2) is 54.5 Å². The second-order valence-electron chi connectivity index (χ2n) is 6.96. The van der Waals surface area contributed by atoms with Gasteiger partial charge in [-0.2, -0.15) is 0 Å². The van der Waals surface area contributed by atoms with E-state index in [1.54, 1.807) is 0 Å². The molecule has 0 aliphatic heterocycles. The van der Waals surface area contributed by atoms with Crippen molar-refractivity contribution in [3.8, 4) is 0 Å². The van der Waals surface area contributed by atoms with Gasteiger partial charge in [-0.25, -0.2) is 0 Å². The molecule has 0 unspecified atom stereocenters. The molecule has 0 aromatic rings. The van der Waals surface area contributed by atoms with Gasteiger partial charge in [-0.3, -0.25) is 4.79 Å². The monoisotopic (exact) mass is 281 g/mol. The van der Waals surface area contributed by atoms with Crippen LogP contribution in [0.5, 0.6) is 0 Å². The van der Waals surface area contributed by atoms with Crippen molar-refractivity contribution < 1.29 is 4.79 Å². The molecule has 0 aromatic carbocycles. The zero-order valence-corrected chi connectivity index (χ0v) is 13.2. The first-order valence-electron chi connectivity index (χ1n) is 8.28. The summed E-state index contributed by atoms with van der Waals surface area (Å²) in [5, 5.41) is 0. The van der Waals surface area contributed by atoms with E-state index in [0.717, 1.165) is 51.6 Å². The normalized spacial score (nSPS) is 23.2. The van der Waals surface area contributed by atoms with E-state index in [0.29, 0.717) is 6.04 Å². The average Bonchev–Trinajstić information content (AvgIpc) is 2.93. The first kappa shape index (κ1) is 15.8. The molecule has 1 amide bonds. The lowest BCUT2D eigenvalue weighted by atomic mass is 9.81. The fourth-order valence-corrected chi connectivity index (χ4v) is 3.66. The molecule has 2 N–H and O–H groups in total. The quantitative estimate of drug-likeness (QED) is 0.838. The van der Waals surface area contributed by atoms with Crippen molar-refractivity contribution in [1.29, 1.82) is 0 Å². The number of nitrogens with two attached hydrogens (primary N) is 1. The van der Waals surface area contributed by atoms with Crippen LogP contribution in [0.1, 0.15) is 57.8 Å². The molecule has 0 radical (unpaired) electrons. The van der Waals surface area contributed by atoms with E-state index in [2.05, 4.69) is 23.9 Å². The molecule has 4 heteroatoms. The van der Waals surface area contributed by atoms with Crippen LogP contribution in [0.2, 0.25) is 0 Å². The highest BCUT2D eigenvalue weighted by Crippen LogP contribution is 2.31. The van der Waals surface area contributed by atoms with Crippen LogP contribution < -0.4 is 5.73 Å². The van der Waals surface area contributed by atoms with Gasteiger partial charge < -0.3 is 15.5 Å². The third-order valence-corrected chi connectivity index (χ3v) is 4.99. The fourth-order valence-electron chi connectivity index (χ4n) is 3.66. The highest BCUT2D eigenvalue weighted by atomic mass is 16.2. The number of likely N-dealkylation sites (N-methyl/N-ethyl adjacent to an activating group) is 1. The smallest absolute Gasteiger partial charge is 0.242 e. The van der Waals surface area contributed by atoms with Crippen molar-refractivity contribution in [2.75, 3.05) is 27.2 Å². The van der Waals surface area contributed by atoms with Crippen LogP contribution in [0.4, 0.5) is 0 Å². The summed E-state index contributed by atoms with van der Waals surface area (Å²) in [6, 6.07) is 0.435. The van der Waals surface area contributed by atoms with E-state index < -0.39 is 5.54 Å². The lowest BCUT2D eigenvalue weighted by Crippen LogP contribution is -2.59. The fraction of sp³-hybridized carbons (Fsp3) is 0.938. The summed E-state index contributed by atoms with van der Waals surface area (Å²) in [6.07, 6.45) is 10.0. The summed E-state index contributed by atoms with van der Waals surface area (Å²) in [7, 11) is 4.13. The van der Waals surface area contributed by atoms with E-state index in [1.165, 1.54) is 19.3 Å². The van der Waals surface area contributed by atoms with E-state index >= 15 is 0 Å². The molecule has 2 fully saturated rings. The molecule has 0 atom stereocenters. The molecule has 0 aromatic heterocycles. The zero-order chi connectivity index (χ0) is 14.6. The first-order chi connectivity index (χ1) is 9.53. The number of amides is 1. The highest BCUT2D eigenvalue weighted by molar-refractivity contribution is 5.86. The maximum atomic E-state index is 13.0. The van der Waals surface area contributed by atoms with E-state index in [1.807, 2.05) is 0 Å². The molecule has 2 saturated carbocycles. The van der Waals surface area contributed by atoms with Gasteiger partial charge in [0.2, 0.25) is 5.91 Å². The predicted octanol–water partition coefficient (Wildman–Crippen LogP) is 1.98. The van der Waals surface area contributed by atoms with E-state index in [-0.39, 0.29) is 5.91 Å². The Bertz CT molecular complexity index is 318. The maximum absolute atomic E-state index is 13.0. The standard InChI is InChI=1S/C16H31N3O/c1-18(2)12-13-19(14-8-4-5-9-14)15(20)16(17)10-6-3-7-11-16/h14H,3-13,17H2,1-2H3. The number of rotatable bonds is 5. The Hall–Kier alpha value is -0.610. The molecular weight excluding hydrogens is 250 g/mol. The predicted molar refractivity (Wildman–Crippen MR) is 82.5 cm³/mol. The van der Waals surface area contributed by atoms with Gasteiger partial charge in [0.05, 0.1) is 5.54 Å². The Labute approximate surface area is 123 Å². The van der Waals surface area contributed by atoms with Crippen molar-refractivity contribution >= 4 is 5.91 Å². The SMILES string of the molecule is CN(C)CCN(C(=O)C1(N)CCCCC1)C1CCCC1. The minimum Gasteiger partial charge on any atom is -0.337 e. The van der Waals surface area contributed by atoms with Gasteiger partial charge in [0.25, 0.3) is 0 Å². The van der Waals surface area contributed by atoms with Crippen molar-refractivity contribution in [2.45, 2.75) is 69.4 Å². The van der Waals surface area contributed by atoms with Crippen LogP contribution in [0.3, 0.4) is 0 Å². The van der Waals surface area contributed by atoms with Crippen molar-refractivity contribution in [3.63, 3.8) is 0 Å². The molecule has 0 spiro atoms. The van der Waals surface area contributed by atoms with Crippen LogP contribution in [0, 0.1) is 0 Å². The van der Waals surface area contributed by atoms with E-state index in [4.69, 9.17) is 5.73 Å². The summed E-state index contributed by atoms with van der Waals surface area (Å²) < 4.78 is 0. The lowest BCUT2D eigenvalue weighted by Gasteiger charge is -2.40. The number of carbonyl (C=O) groups is 1. The molecule has 116 valence electrons. The molecule has 2 rings (SSSR count). The summed E-state index contributed by atoms with van der Waals surface area (Å²) in [4.78, 5) is 17.3. The number of carbonyl (C=O) groups excluding carboxylic acids is 1. The van der Waals surface area contributed by atoms with Crippen LogP contribution >= 0.6 is 0 Å². The van der Waals surface area contributed by atoms with Crippen LogP contribution in [0.25, 0.3) is 0 Å². The number of hydrogen-bond donors (Lipinski definition) is 1. The van der Waals surface area contributed by atoms with E-state index in [9.17, 15) is 4.79 Å². The highest BCUT2D eigenvalue weighted by Gasteiger charge is 2.40. The number of nitrogens with zero attached hydrogens (tertiary/aromatic N) is 2. The maximum Gasteiger partial charge on any atom is 0.242 e. The zero-order valence-electron chi connectivity index (χ0n) is 13.2. The lowest BCUT2D eigenvalue weighted by molar-refractivity contribution is -0.140.